The van der Waals surface area contributed by atoms with Crippen molar-refractivity contribution in [3.63, 3.8) is 0 Å². The van der Waals surface area contributed by atoms with E-state index >= 15 is 0 Å². The Labute approximate surface area is 124 Å². The maximum Gasteiger partial charge on any atom is 0.0862 e. The average Bonchev–Trinajstić information content (AvgIpc) is 2.43. The molecular weight excluding hydrogens is 320 g/mol. The Bertz CT molecular complexity index is 729. The second kappa shape index (κ2) is 5.23. The molecule has 0 saturated heterocycles. The topological polar surface area (TPSA) is 38.9 Å². The van der Waals surface area contributed by atoms with Crippen LogP contribution in [0.4, 0.5) is 5.69 Å². The molecule has 3 rings (SSSR count). The third-order valence-corrected chi connectivity index (χ3v) is 4.27. The smallest absolute Gasteiger partial charge is 0.0862 e. The quantitative estimate of drug-likeness (QED) is 0.690. The second-order valence-corrected chi connectivity index (χ2v) is 6.15. The van der Waals surface area contributed by atoms with Crippen LogP contribution in [-0.2, 0) is 0 Å². The fourth-order valence-electron chi connectivity index (χ4n) is 1.89. The zero-order valence-electron chi connectivity index (χ0n) is 10.0. The number of pyridine rings is 1. The summed E-state index contributed by atoms with van der Waals surface area (Å²) in [6.45, 7) is 0. The number of benzene rings is 2. The summed E-state index contributed by atoms with van der Waals surface area (Å²) in [6.07, 6.45) is 1.80. The van der Waals surface area contributed by atoms with E-state index in [1.54, 1.807) is 18.0 Å². The predicted octanol–water partition coefficient (Wildman–Crippen LogP) is 4.73. The minimum atomic E-state index is 0.751. The van der Waals surface area contributed by atoms with E-state index in [0.29, 0.717) is 0 Å². The van der Waals surface area contributed by atoms with Crippen LogP contribution >= 0.6 is 27.7 Å². The summed E-state index contributed by atoms with van der Waals surface area (Å²) in [7, 11) is 0. The van der Waals surface area contributed by atoms with Gasteiger partial charge in [-0.1, -0.05) is 30.0 Å². The third kappa shape index (κ3) is 2.60. The number of aromatic nitrogens is 1. The molecule has 4 heteroatoms. The minimum absolute atomic E-state index is 0.751. The normalized spacial score (nSPS) is 10.8. The number of nitrogens with zero attached hydrogens (tertiary/aromatic N) is 1. The Morgan fingerprint density at radius 3 is 2.63 bits per heavy atom. The Kier molecular flexibility index (Phi) is 3.44. The van der Waals surface area contributed by atoms with Crippen LogP contribution in [0.1, 0.15) is 0 Å². The number of hydrogen-bond acceptors (Lipinski definition) is 3. The highest BCUT2D eigenvalue weighted by molar-refractivity contribution is 9.10. The molecule has 0 spiro atoms. The van der Waals surface area contributed by atoms with Crippen molar-refractivity contribution < 1.29 is 0 Å². The Hall–Kier alpha value is -1.52. The van der Waals surface area contributed by atoms with Gasteiger partial charge in [0.05, 0.1) is 5.52 Å². The lowest BCUT2D eigenvalue weighted by Gasteiger charge is -2.08. The van der Waals surface area contributed by atoms with Crippen molar-refractivity contribution in [2.45, 2.75) is 9.79 Å². The zero-order valence-corrected chi connectivity index (χ0v) is 12.4. The highest BCUT2D eigenvalue weighted by atomic mass is 79.9. The number of rotatable bonds is 2. The summed E-state index contributed by atoms with van der Waals surface area (Å²) in [4.78, 5) is 6.80. The lowest BCUT2D eigenvalue weighted by molar-refractivity contribution is 1.33. The molecule has 0 saturated carbocycles. The molecule has 0 unspecified atom stereocenters. The van der Waals surface area contributed by atoms with Crippen LogP contribution in [0.15, 0.2) is 69.0 Å². The standard InChI is InChI=1S/C15H11BrN2S/c16-10-8-12-13(17)6-7-14(15(12)18-9-10)19-11-4-2-1-3-5-11/h1-9H,17H2. The lowest BCUT2D eigenvalue weighted by atomic mass is 10.2. The number of nitrogens with two attached hydrogens (primary N) is 1. The molecular formula is C15H11BrN2S. The molecule has 0 aliphatic rings. The monoisotopic (exact) mass is 330 g/mol. The molecule has 94 valence electrons. The number of anilines is 1. The van der Waals surface area contributed by atoms with Crippen molar-refractivity contribution >= 4 is 44.3 Å². The molecule has 0 aliphatic carbocycles. The summed E-state index contributed by atoms with van der Waals surface area (Å²) in [5.74, 6) is 0. The van der Waals surface area contributed by atoms with Crippen LogP contribution < -0.4 is 5.73 Å². The van der Waals surface area contributed by atoms with Gasteiger partial charge in [0.2, 0.25) is 0 Å². The summed E-state index contributed by atoms with van der Waals surface area (Å²) in [5, 5.41) is 0.982. The van der Waals surface area contributed by atoms with E-state index in [1.807, 2.05) is 36.4 Å². The maximum atomic E-state index is 6.02. The Balaban J connectivity index is 2.12. The van der Waals surface area contributed by atoms with Gasteiger partial charge in [0.25, 0.3) is 0 Å². The molecule has 2 nitrogen and oxygen atoms in total. The van der Waals surface area contributed by atoms with E-state index in [2.05, 4.69) is 33.0 Å². The molecule has 0 atom stereocenters. The fourth-order valence-corrected chi connectivity index (χ4v) is 3.16. The molecule has 19 heavy (non-hydrogen) atoms. The maximum absolute atomic E-state index is 6.02. The van der Waals surface area contributed by atoms with Crippen molar-refractivity contribution in [2.24, 2.45) is 0 Å². The molecule has 0 radical (unpaired) electrons. The Morgan fingerprint density at radius 1 is 1.05 bits per heavy atom. The van der Waals surface area contributed by atoms with Crippen LogP contribution in [0.25, 0.3) is 10.9 Å². The first-order chi connectivity index (χ1) is 9.24. The first kappa shape index (κ1) is 12.5. The van der Waals surface area contributed by atoms with E-state index < -0.39 is 0 Å². The highest BCUT2D eigenvalue weighted by Crippen LogP contribution is 2.35. The molecule has 0 bridgehead atoms. The van der Waals surface area contributed by atoms with Gasteiger partial charge in [-0.3, -0.25) is 4.98 Å². The minimum Gasteiger partial charge on any atom is -0.398 e. The summed E-state index contributed by atoms with van der Waals surface area (Å²) in [6, 6.07) is 16.2. The molecule has 0 amide bonds. The van der Waals surface area contributed by atoms with E-state index in [0.717, 1.165) is 26.0 Å². The van der Waals surface area contributed by atoms with Crippen LogP contribution in [-0.4, -0.2) is 4.98 Å². The van der Waals surface area contributed by atoms with Crippen molar-refractivity contribution in [3.8, 4) is 0 Å². The first-order valence-electron chi connectivity index (χ1n) is 5.81. The van der Waals surface area contributed by atoms with Crippen molar-refractivity contribution in [3.05, 3.63) is 59.2 Å². The van der Waals surface area contributed by atoms with Gasteiger partial charge in [-0.15, -0.1) is 0 Å². The van der Waals surface area contributed by atoms with Gasteiger partial charge in [-0.2, -0.15) is 0 Å². The molecule has 1 heterocycles. The first-order valence-corrected chi connectivity index (χ1v) is 7.41. The van der Waals surface area contributed by atoms with Crippen LogP contribution in [0, 0.1) is 0 Å². The number of halogens is 1. The molecule has 0 aliphatic heterocycles. The molecule has 0 fully saturated rings. The summed E-state index contributed by atoms with van der Waals surface area (Å²) >= 11 is 5.13. The van der Waals surface area contributed by atoms with Gasteiger partial charge in [-0.25, -0.2) is 0 Å². The van der Waals surface area contributed by atoms with Gasteiger partial charge in [0.1, 0.15) is 0 Å². The van der Waals surface area contributed by atoms with Crippen LogP contribution in [0.2, 0.25) is 0 Å². The SMILES string of the molecule is Nc1ccc(Sc2ccccc2)c2ncc(Br)cc12. The second-order valence-electron chi connectivity index (χ2n) is 4.12. The highest BCUT2D eigenvalue weighted by Gasteiger charge is 2.07. The Morgan fingerprint density at radius 2 is 1.84 bits per heavy atom. The fraction of sp³-hybridized carbons (Fsp3) is 0. The molecule has 2 aromatic carbocycles. The van der Waals surface area contributed by atoms with Crippen LogP contribution in [0.5, 0.6) is 0 Å². The lowest BCUT2D eigenvalue weighted by Crippen LogP contribution is -1.90. The summed E-state index contributed by atoms with van der Waals surface area (Å²) in [5.41, 5.74) is 7.71. The predicted molar refractivity (Wildman–Crippen MR) is 84.4 cm³/mol. The largest absolute Gasteiger partial charge is 0.398 e. The van der Waals surface area contributed by atoms with E-state index in [9.17, 15) is 0 Å². The van der Waals surface area contributed by atoms with Crippen molar-refractivity contribution in [1.29, 1.82) is 0 Å². The van der Waals surface area contributed by atoms with Gasteiger partial charge >= 0.3 is 0 Å². The number of hydrogen-bond donors (Lipinski definition) is 1. The van der Waals surface area contributed by atoms with Crippen LogP contribution in [0.3, 0.4) is 0 Å². The van der Waals surface area contributed by atoms with Crippen molar-refractivity contribution in [2.75, 3.05) is 5.73 Å². The molecule has 3 aromatic rings. The van der Waals surface area contributed by atoms with Gasteiger partial charge in [0, 0.05) is 31.5 Å². The third-order valence-electron chi connectivity index (χ3n) is 2.78. The molecule has 1 aromatic heterocycles. The van der Waals surface area contributed by atoms with E-state index in [-0.39, 0.29) is 0 Å². The summed E-state index contributed by atoms with van der Waals surface area (Å²) < 4.78 is 0.938. The van der Waals surface area contributed by atoms with E-state index in [4.69, 9.17) is 5.73 Å². The van der Waals surface area contributed by atoms with Gasteiger partial charge in [-0.05, 0) is 46.3 Å². The number of fused-ring (bicyclic) bond motifs is 1. The average molecular weight is 331 g/mol. The van der Waals surface area contributed by atoms with E-state index in [1.165, 1.54) is 4.90 Å². The van der Waals surface area contributed by atoms with Gasteiger partial charge < -0.3 is 5.73 Å². The number of nitrogen functional groups attached to an aromatic ring is 1. The van der Waals surface area contributed by atoms with Gasteiger partial charge in [0.15, 0.2) is 0 Å². The molecule has 2 N–H and O–H groups in total. The zero-order chi connectivity index (χ0) is 13.2. The van der Waals surface area contributed by atoms with Crippen molar-refractivity contribution in [1.82, 2.24) is 4.98 Å².